The standard InChI is InChI=1S/C24H24N2/c1-17-12-18(2)14-21(13-17)23-22-7-6-19(15-20(22)8-11-26-23)16-24(25-3)9-4-5-10-24/h6-8,11-15H,4-5,9-10,16H2,1-2H3. The molecule has 1 aliphatic carbocycles. The minimum atomic E-state index is -0.169. The van der Waals surface area contributed by atoms with Gasteiger partial charge in [0.05, 0.1) is 12.1 Å². The van der Waals surface area contributed by atoms with Crippen molar-refractivity contribution in [2.75, 3.05) is 0 Å². The Labute approximate surface area is 155 Å². The maximum Gasteiger partial charge on any atom is 0.236 e. The predicted molar refractivity (Wildman–Crippen MR) is 108 cm³/mol. The first-order valence-electron chi connectivity index (χ1n) is 9.44. The van der Waals surface area contributed by atoms with Gasteiger partial charge in [-0.05, 0) is 55.8 Å². The largest absolute Gasteiger partial charge is 0.310 e. The van der Waals surface area contributed by atoms with Gasteiger partial charge in [-0.1, -0.05) is 35.4 Å². The minimum Gasteiger partial charge on any atom is -0.310 e. The normalized spacial score (nSPS) is 15.9. The maximum atomic E-state index is 7.66. The lowest BCUT2D eigenvalue weighted by Gasteiger charge is -2.16. The Kier molecular flexibility index (Phi) is 4.24. The molecular formula is C24H24N2. The van der Waals surface area contributed by atoms with Crippen LogP contribution in [0.4, 0.5) is 0 Å². The summed E-state index contributed by atoms with van der Waals surface area (Å²) in [4.78, 5) is 8.69. The Bertz CT molecular complexity index is 984. The summed E-state index contributed by atoms with van der Waals surface area (Å²) in [7, 11) is 0. The molecule has 1 saturated carbocycles. The second kappa shape index (κ2) is 6.57. The van der Waals surface area contributed by atoms with Crippen molar-refractivity contribution < 1.29 is 0 Å². The van der Waals surface area contributed by atoms with Crippen LogP contribution in [-0.2, 0) is 6.42 Å². The Balaban J connectivity index is 1.75. The van der Waals surface area contributed by atoms with Crippen LogP contribution in [0.25, 0.3) is 26.9 Å². The number of aromatic nitrogens is 1. The Morgan fingerprint density at radius 3 is 2.42 bits per heavy atom. The molecule has 1 aromatic heterocycles. The minimum absolute atomic E-state index is 0.169. The average Bonchev–Trinajstić information content (AvgIpc) is 3.09. The summed E-state index contributed by atoms with van der Waals surface area (Å²) in [5.74, 6) is 0. The average molecular weight is 340 g/mol. The van der Waals surface area contributed by atoms with Crippen molar-refractivity contribution in [3.8, 4) is 11.3 Å². The molecule has 0 N–H and O–H groups in total. The van der Waals surface area contributed by atoms with Crippen LogP contribution in [0.3, 0.4) is 0 Å². The summed E-state index contributed by atoms with van der Waals surface area (Å²) in [6.45, 7) is 11.9. The van der Waals surface area contributed by atoms with Gasteiger partial charge in [-0.2, -0.15) is 0 Å². The van der Waals surface area contributed by atoms with E-state index in [2.05, 4.69) is 66.1 Å². The summed E-state index contributed by atoms with van der Waals surface area (Å²) in [5, 5.41) is 2.40. The van der Waals surface area contributed by atoms with E-state index >= 15 is 0 Å². The number of rotatable bonds is 3. The molecule has 130 valence electrons. The van der Waals surface area contributed by atoms with E-state index in [1.165, 1.54) is 45.9 Å². The number of benzene rings is 2. The quantitative estimate of drug-likeness (QED) is 0.512. The van der Waals surface area contributed by atoms with Crippen LogP contribution in [0.5, 0.6) is 0 Å². The molecule has 0 saturated heterocycles. The van der Waals surface area contributed by atoms with Crippen molar-refractivity contribution in [1.29, 1.82) is 0 Å². The first-order chi connectivity index (χ1) is 12.6. The van der Waals surface area contributed by atoms with Gasteiger partial charge in [0.2, 0.25) is 5.54 Å². The molecule has 1 heterocycles. The highest BCUT2D eigenvalue weighted by Gasteiger charge is 2.40. The molecule has 1 fully saturated rings. The van der Waals surface area contributed by atoms with E-state index in [4.69, 9.17) is 6.57 Å². The maximum absolute atomic E-state index is 7.66. The molecule has 1 aliphatic rings. The zero-order chi connectivity index (χ0) is 18.1. The Hall–Kier alpha value is -2.66. The third kappa shape index (κ3) is 3.10. The highest BCUT2D eigenvalue weighted by molar-refractivity contribution is 5.95. The lowest BCUT2D eigenvalue weighted by atomic mass is 9.89. The fraction of sp³-hybridized carbons (Fsp3) is 0.333. The molecule has 0 amide bonds. The smallest absolute Gasteiger partial charge is 0.236 e. The molecule has 4 rings (SSSR count). The molecular weight excluding hydrogens is 316 g/mol. The van der Waals surface area contributed by atoms with Gasteiger partial charge in [-0.15, -0.1) is 0 Å². The summed E-state index contributed by atoms with van der Waals surface area (Å²) in [5.41, 5.74) is 5.84. The molecule has 0 bridgehead atoms. The van der Waals surface area contributed by atoms with Gasteiger partial charge < -0.3 is 4.85 Å². The van der Waals surface area contributed by atoms with Gasteiger partial charge in [0.25, 0.3) is 0 Å². The first kappa shape index (κ1) is 16.8. The van der Waals surface area contributed by atoms with Crippen molar-refractivity contribution in [3.63, 3.8) is 0 Å². The molecule has 26 heavy (non-hydrogen) atoms. The van der Waals surface area contributed by atoms with E-state index in [-0.39, 0.29) is 5.54 Å². The van der Waals surface area contributed by atoms with Crippen LogP contribution >= 0.6 is 0 Å². The summed E-state index contributed by atoms with van der Waals surface area (Å²) in [6, 6.07) is 15.3. The van der Waals surface area contributed by atoms with Crippen LogP contribution in [0.2, 0.25) is 0 Å². The van der Waals surface area contributed by atoms with Gasteiger partial charge in [-0.3, -0.25) is 4.98 Å². The molecule has 0 aliphatic heterocycles. The van der Waals surface area contributed by atoms with E-state index < -0.39 is 0 Å². The lowest BCUT2D eigenvalue weighted by molar-refractivity contribution is 0.517. The summed E-state index contributed by atoms with van der Waals surface area (Å²) < 4.78 is 0. The van der Waals surface area contributed by atoms with Gasteiger partial charge in [-0.25, -0.2) is 6.57 Å². The molecule has 0 unspecified atom stereocenters. The lowest BCUT2D eigenvalue weighted by Crippen LogP contribution is -2.22. The van der Waals surface area contributed by atoms with Crippen LogP contribution in [-0.4, -0.2) is 10.5 Å². The molecule has 2 aromatic carbocycles. The number of pyridine rings is 1. The number of hydrogen-bond donors (Lipinski definition) is 0. The molecule has 0 atom stereocenters. The molecule has 2 nitrogen and oxygen atoms in total. The summed E-state index contributed by atoms with van der Waals surface area (Å²) >= 11 is 0. The van der Waals surface area contributed by atoms with Gasteiger partial charge >= 0.3 is 0 Å². The van der Waals surface area contributed by atoms with Crippen LogP contribution in [0.15, 0.2) is 48.7 Å². The molecule has 3 aromatic rings. The predicted octanol–water partition coefficient (Wildman–Crippen LogP) is 6.29. The van der Waals surface area contributed by atoms with E-state index in [1.54, 1.807) is 0 Å². The number of hydrogen-bond acceptors (Lipinski definition) is 1. The molecule has 2 heteroatoms. The number of aryl methyl sites for hydroxylation is 2. The van der Waals surface area contributed by atoms with Crippen molar-refractivity contribution in [3.05, 3.63) is 76.8 Å². The van der Waals surface area contributed by atoms with Crippen LogP contribution in [0, 0.1) is 20.4 Å². The van der Waals surface area contributed by atoms with Crippen LogP contribution in [0.1, 0.15) is 42.4 Å². The third-order valence-electron chi connectivity index (χ3n) is 5.63. The SMILES string of the molecule is [C-]#[N+]C1(Cc2ccc3c(-c4cc(C)cc(C)c4)nccc3c2)CCCC1. The van der Waals surface area contributed by atoms with E-state index in [0.29, 0.717) is 0 Å². The fourth-order valence-electron chi connectivity index (χ4n) is 4.42. The number of nitrogens with zero attached hydrogens (tertiary/aromatic N) is 2. The van der Waals surface area contributed by atoms with E-state index in [9.17, 15) is 0 Å². The van der Waals surface area contributed by atoms with Crippen molar-refractivity contribution in [2.24, 2.45) is 0 Å². The number of fused-ring (bicyclic) bond motifs is 1. The molecule has 0 spiro atoms. The highest BCUT2D eigenvalue weighted by Crippen LogP contribution is 2.37. The van der Waals surface area contributed by atoms with Gasteiger partial charge in [0.1, 0.15) is 0 Å². The summed E-state index contributed by atoms with van der Waals surface area (Å²) in [6.07, 6.45) is 7.23. The zero-order valence-corrected chi connectivity index (χ0v) is 15.5. The van der Waals surface area contributed by atoms with Crippen molar-refractivity contribution in [2.45, 2.75) is 51.5 Å². The van der Waals surface area contributed by atoms with Gasteiger partial charge in [0, 0.05) is 30.0 Å². The van der Waals surface area contributed by atoms with E-state index in [1.807, 2.05) is 6.20 Å². The second-order valence-corrected chi connectivity index (χ2v) is 7.81. The Morgan fingerprint density at radius 1 is 1.00 bits per heavy atom. The monoisotopic (exact) mass is 340 g/mol. The van der Waals surface area contributed by atoms with Gasteiger partial charge in [0.15, 0.2) is 0 Å². The third-order valence-corrected chi connectivity index (χ3v) is 5.63. The van der Waals surface area contributed by atoms with Crippen molar-refractivity contribution >= 4 is 10.8 Å². The second-order valence-electron chi connectivity index (χ2n) is 7.81. The Morgan fingerprint density at radius 2 is 1.73 bits per heavy atom. The zero-order valence-electron chi connectivity index (χ0n) is 15.5. The highest BCUT2D eigenvalue weighted by atomic mass is 14.8. The van der Waals surface area contributed by atoms with Crippen molar-refractivity contribution in [1.82, 2.24) is 4.98 Å². The first-order valence-corrected chi connectivity index (χ1v) is 9.44. The topological polar surface area (TPSA) is 17.2 Å². The molecule has 0 radical (unpaired) electrons. The van der Waals surface area contributed by atoms with E-state index in [0.717, 1.165) is 25.0 Å². The fourth-order valence-corrected chi connectivity index (χ4v) is 4.42. The van der Waals surface area contributed by atoms with Crippen LogP contribution < -0.4 is 0 Å².